The van der Waals surface area contributed by atoms with Crippen molar-refractivity contribution in [1.82, 2.24) is 10.2 Å². The molecule has 4 heteroatoms. The molecule has 0 radical (unpaired) electrons. The van der Waals surface area contributed by atoms with Gasteiger partial charge in [0.1, 0.15) is 0 Å². The van der Waals surface area contributed by atoms with Gasteiger partial charge in [0, 0.05) is 25.6 Å². The fourth-order valence-electron chi connectivity index (χ4n) is 2.19. The molecule has 0 fully saturated rings. The van der Waals surface area contributed by atoms with E-state index < -0.39 is 0 Å². The van der Waals surface area contributed by atoms with Crippen LogP contribution in [0.3, 0.4) is 0 Å². The Morgan fingerprint density at radius 2 is 1.88 bits per heavy atom. The summed E-state index contributed by atoms with van der Waals surface area (Å²) in [6, 6.07) is 8.27. The van der Waals surface area contributed by atoms with Gasteiger partial charge in [-0.15, -0.1) is 12.4 Å². The van der Waals surface area contributed by atoms with Gasteiger partial charge in [-0.3, -0.25) is 4.79 Å². The molecule has 0 bridgehead atoms. The molecule has 0 saturated heterocycles. The Morgan fingerprint density at radius 3 is 2.35 bits per heavy atom. The van der Waals surface area contributed by atoms with Crippen LogP contribution in [0.25, 0.3) is 0 Å². The second-order valence-electron chi connectivity index (χ2n) is 4.42. The lowest BCUT2D eigenvalue weighted by Crippen LogP contribution is -2.35. The topological polar surface area (TPSA) is 32.3 Å². The quantitative estimate of drug-likeness (QED) is 0.892. The molecule has 0 saturated carbocycles. The number of rotatable bonds is 3. The number of amides is 1. The summed E-state index contributed by atoms with van der Waals surface area (Å²) in [6.07, 6.45) is 0. The predicted octanol–water partition coefficient (Wildman–Crippen LogP) is 1.81. The Hall–Kier alpha value is -1.06. The molecule has 1 atom stereocenters. The second-order valence-corrected chi connectivity index (χ2v) is 4.42. The predicted molar refractivity (Wildman–Crippen MR) is 71.0 cm³/mol. The fraction of sp³-hybridized carbons (Fsp3) is 0.462. The van der Waals surface area contributed by atoms with Crippen LogP contribution in [-0.2, 0) is 17.9 Å². The Kier molecular flexibility index (Phi) is 4.97. The largest absolute Gasteiger partial charge is 0.334 e. The molecule has 94 valence electrons. The molecule has 17 heavy (non-hydrogen) atoms. The smallest absolute Gasteiger partial charge is 0.227 e. The van der Waals surface area contributed by atoms with Crippen molar-refractivity contribution in [1.29, 1.82) is 0 Å². The summed E-state index contributed by atoms with van der Waals surface area (Å²) in [5, 5.41) is 3.05. The van der Waals surface area contributed by atoms with E-state index in [1.807, 2.05) is 31.0 Å². The Labute approximate surface area is 109 Å². The maximum absolute atomic E-state index is 12.1. The lowest BCUT2D eigenvalue weighted by atomic mass is 10.1. The highest BCUT2D eigenvalue weighted by Crippen LogP contribution is 2.23. The van der Waals surface area contributed by atoms with E-state index in [2.05, 4.69) is 17.4 Å². The Balaban J connectivity index is 0.00000144. The Morgan fingerprint density at radius 1 is 1.35 bits per heavy atom. The average Bonchev–Trinajstić information content (AvgIpc) is 2.71. The maximum Gasteiger partial charge on any atom is 0.227 e. The number of carbonyl (C=O) groups is 1. The molecule has 1 aromatic rings. The summed E-state index contributed by atoms with van der Waals surface area (Å²) < 4.78 is 0. The first-order valence-electron chi connectivity index (χ1n) is 5.72. The van der Waals surface area contributed by atoms with Gasteiger partial charge in [-0.05, 0) is 18.2 Å². The zero-order valence-electron chi connectivity index (χ0n) is 10.3. The molecule has 1 heterocycles. The fourth-order valence-corrected chi connectivity index (χ4v) is 2.19. The van der Waals surface area contributed by atoms with Crippen LogP contribution in [0.4, 0.5) is 0 Å². The van der Waals surface area contributed by atoms with Crippen LogP contribution in [0.5, 0.6) is 0 Å². The van der Waals surface area contributed by atoms with Crippen LogP contribution in [0.2, 0.25) is 0 Å². The van der Waals surface area contributed by atoms with Crippen molar-refractivity contribution in [3.8, 4) is 0 Å². The monoisotopic (exact) mass is 254 g/mol. The molecule has 1 aliphatic heterocycles. The van der Waals surface area contributed by atoms with Crippen molar-refractivity contribution in [2.24, 2.45) is 5.92 Å². The summed E-state index contributed by atoms with van der Waals surface area (Å²) in [7, 11) is 1.88. The molecular weight excluding hydrogens is 236 g/mol. The SMILES string of the molecule is CNCC(C)C(=O)N1Cc2ccccc2C1.Cl. The van der Waals surface area contributed by atoms with Gasteiger partial charge in [0.2, 0.25) is 5.91 Å². The van der Waals surface area contributed by atoms with E-state index in [0.29, 0.717) is 0 Å². The third-order valence-corrected chi connectivity index (χ3v) is 3.08. The highest BCUT2D eigenvalue weighted by atomic mass is 35.5. The first-order chi connectivity index (χ1) is 7.72. The molecule has 0 spiro atoms. The van der Waals surface area contributed by atoms with Crippen molar-refractivity contribution >= 4 is 18.3 Å². The van der Waals surface area contributed by atoms with Crippen LogP contribution < -0.4 is 5.32 Å². The summed E-state index contributed by atoms with van der Waals surface area (Å²) in [5.74, 6) is 0.296. The maximum atomic E-state index is 12.1. The molecule has 3 nitrogen and oxygen atoms in total. The van der Waals surface area contributed by atoms with E-state index in [-0.39, 0.29) is 24.2 Å². The summed E-state index contributed by atoms with van der Waals surface area (Å²) in [5.41, 5.74) is 2.57. The van der Waals surface area contributed by atoms with Crippen LogP contribution >= 0.6 is 12.4 Å². The highest BCUT2D eigenvalue weighted by Gasteiger charge is 2.25. The zero-order chi connectivity index (χ0) is 11.5. The van der Waals surface area contributed by atoms with E-state index in [1.54, 1.807) is 0 Å². The molecule has 1 amide bonds. The number of nitrogens with one attached hydrogen (secondary N) is 1. The second kappa shape index (κ2) is 6.03. The van der Waals surface area contributed by atoms with Gasteiger partial charge in [0.25, 0.3) is 0 Å². The number of hydrogen-bond acceptors (Lipinski definition) is 2. The van der Waals surface area contributed by atoms with Gasteiger partial charge >= 0.3 is 0 Å². The molecular formula is C13H19ClN2O. The molecule has 1 N–H and O–H groups in total. The number of carbonyl (C=O) groups excluding carboxylic acids is 1. The molecule has 0 aromatic heterocycles. The van der Waals surface area contributed by atoms with E-state index in [9.17, 15) is 4.79 Å². The summed E-state index contributed by atoms with van der Waals surface area (Å²) in [4.78, 5) is 14.0. The van der Waals surface area contributed by atoms with Gasteiger partial charge in [-0.1, -0.05) is 31.2 Å². The number of nitrogens with zero attached hydrogens (tertiary/aromatic N) is 1. The minimum atomic E-state index is 0. The number of benzene rings is 1. The molecule has 1 aromatic carbocycles. The van der Waals surface area contributed by atoms with Crippen molar-refractivity contribution in [3.63, 3.8) is 0 Å². The number of fused-ring (bicyclic) bond motifs is 1. The van der Waals surface area contributed by atoms with Crippen molar-refractivity contribution in [2.45, 2.75) is 20.0 Å². The van der Waals surface area contributed by atoms with Gasteiger partial charge in [0.05, 0.1) is 0 Å². The van der Waals surface area contributed by atoms with E-state index in [0.717, 1.165) is 19.6 Å². The van der Waals surface area contributed by atoms with Gasteiger partial charge < -0.3 is 10.2 Å². The molecule has 0 aliphatic carbocycles. The third-order valence-electron chi connectivity index (χ3n) is 3.08. The Bertz CT molecular complexity index is 370. The zero-order valence-corrected chi connectivity index (χ0v) is 11.1. The lowest BCUT2D eigenvalue weighted by molar-refractivity contribution is -0.135. The third kappa shape index (κ3) is 2.99. The van der Waals surface area contributed by atoms with Gasteiger partial charge in [-0.2, -0.15) is 0 Å². The number of hydrogen-bond donors (Lipinski definition) is 1. The molecule has 1 unspecified atom stereocenters. The van der Waals surface area contributed by atoms with Crippen LogP contribution in [0.1, 0.15) is 18.1 Å². The summed E-state index contributed by atoms with van der Waals surface area (Å²) in [6.45, 7) is 4.25. The van der Waals surface area contributed by atoms with E-state index >= 15 is 0 Å². The minimum Gasteiger partial charge on any atom is -0.334 e. The minimum absolute atomic E-state index is 0. The normalized spacial score (nSPS) is 15.1. The van der Waals surface area contributed by atoms with Crippen LogP contribution in [-0.4, -0.2) is 24.4 Å². The molecule has 1 aliphatic rings. The first-order valence-corrected chi connectivity index (χ1v) is 5.72. The molecule has 2 rings (SSSR count). The van der Waals surface area contributed by atoms with Gasteiger partial charge in [0.15, 0.2) is 0 Å². The van der Waals surface area contributed by atoms with Crippen molar-refractivity contribution in [3.05, 3.63) is 35.4 Å². The highest BCUT2D eigenvalue weighted by molar-refractivity contribution is 5.85. The van der Waals surface area contributed by atoms with E-state index in [4.69, 9.17) is 0 Å². The van der Waals surface area contributed by atoms with Crippen molar-refractivity contribution in [2.75, 3.05) is 13.6 Å². The van der Waals surface area contributed by atoms with Crippen LogP contribution in [0, 0.1) is 5.92 Å². The lowest BCUT2D eigenvalue weighted by Gasteiger charge is -2.20. The van der Waals surface area contributed by atoms with Crippen LogP contribution in [0.15, 0.2) is 24.3 Å². The first kappa shape index (κ1) is 14.0. The van der Waals surface area contributed by atoms with Gasteiger partial charge in [-0.25, -0.2) is 0 Å². The van der Waals surface area contributed by atoms with E-state index in [1.165, 1.54) is 11.1 Å². The average molecular weight is 255 g/mol. The standard InChI is InChI=1S/C13H18N2O.ClH/c1-10(7-14-2)13(16)15-8-11-5-3-4-6-12(11)9-15;/h3-6,10,14H,7-9H2,1-2H3;1H. The van der Waals surface area contributed by atoms with Crippen molar-refractivity contribution < 1.29 is 4.79 Å². The summed E-state index contributed by atoms with van der Waals surface area (Å²) >= 11 is 0. The number of halogens is 1.